The van der Waals surface area contributed by atoms with Gasteiger partial charge in [0.25, 0.3) is 0 Å². The molecule has 3 nitrogen and oxygen atoms in total. The van der Waals surface area contributed by atoms with Gasteiger partial charge in [0.1, 0.15) is 0 Å². The first-order chi connectivity index (χ1) is 7.69. The van der Waals surface area contributed by atoms with Gasteiger partial charge in [-0.15, -0.1) is 25.6 Å². The quantitative estimate of drug-likeness (QED) is 0.765. The van der Waals surface area contributed by atoms with Crippen LogP contribution in [0.3, 0.4) is 0 Å². The zero-order chi connectivity index (χ0) is 12.0. The standard InChI is InChI=1S/C13H22N2O.ClH/c1-4-8-15(9-5-2)13(16)12-6-7-14-11(3)10-12;/h4-5,11-12,14H,1-2,6-10H2,3H3;1H/t11-,12-;/m0./s1. The summed E-state index contributed by atoms with van der Waals surface area (Å²) in [5.41, 5.74) is 0. The Hall–Kier alpha value is -0.800. The number of nitrogens with one attached hydrogen (secondary N) is 1. The maximum absolute atomic E-state index is 12.2. The summed E-state index contributed by atoms with van der Waals surface area (Å²) in [5.74, 6) is 0.407. The van der Waals surface area contributed by atoms with Gasteiger partial charge in [-0.2, -0.15) is 0 Å². The third kappa shape index (κ3) is 4.92. The Morgan fingerprint density at radius 1 is 1.41 bits per heavy atom. The maximum atomic E-state index is 12.2. The average Bonchev–Trinajstić information content (AvgIpc) is 2.28. The van der Waals surface area contributed by atoms with Gasteiger partial charge in [-0.1, -0.05) is 12.2 Å². The minimum Gasteiger partial charge on any atom is -0.335 e. The number of carbonyl (C=O) groups excluding carboxylic acids is 1. The second kappa shape index (κ2) is 8.31. The van der Waals surface area contributed by atoms with Crippen LogP contribution in [0.5, 0.6) is 0 Å². The first-order valence-corrected chi connectivity index (χ1v) is 5.93. The van der Waals surface area contributed by atoms with Gasteiger partial charge in [-0.25, -0.2) is 0 Å². The van der Waals surface area contributed by atoms with E-state index in [0.29, 0.717) is 19.1 Å². The van der Waals surface area contributed by atoms with Crippen LogP contribution in [0.2, 0.25) is 0 Å². The molecule has 0 aromatic heterocycles. The smallest absolute Gasteiger partial charge is 0.226 e. The van der Waals surface area contributed by atoms with Gasteiger partial charge in [-0.05, 0) is 26.3 Å². The molecule has 0 bridgehead atoms. The Kier molecular flexibility index (Phi) is 7.92. The number of hydrogen-bond donors (Lipinski definition) is 1. The normalized spacial score (nSPS) is 23.4. The van der Waals surface area contributed by atoms with Crippen molar-refractivity contribution in [3.63, 3.8) is 0 Å². The van der Waals surface area contributed by atoms with E-state index in [2.05, 4.69) is 25.4 Å². The van der Waals surface area contributed by atoms with E-state index in [0.717, 1.165) is 19.4 Å². The largest absolute Gasteiger partial charge is 0.335 e. The fourth-order valence-corrected chi connectivity index (χ4v) is 2.18. The van der Waals surface area contributed by atoms with Gasteiger partial charge >= 0.3 is 0 Å². The summed E-state index contributed by atoms with van der Waals surface area (Å²) in [7, 11) is 0. The number of nitrogens with zero attached hydrogens (tertiary/aromatic N) is 1. The van der Waals surface area contributed by atoms with Crippen LogP contribution in [0, 0.1) is 5.92 Å². The lowest BCUT2D eigenvalue weighted by atomic mass is 9.92. The van der Waals surface area contributed by atoms with Gasteiger partial charge in [0.05, 0.1) is 0 Å². The molecule has 2 atom stereocenters. The number of amides is 1. The fraction of sp³-hybridized carbons (Fsp3) is 0.615. The third-order valence-electron chi connectivity index (χ3n) is 2.98. The number of piperidine rings is 1. The van der Waals surface area contributed by atoms with Crippen LogP contribution in [0.1, 0.15) is 19.8 Å². The minimum atomic E-state index is 0. The molecule has 0 saturated carbocycles. The Bertz CT molecular complexity index is 258. The lowest BCUT2D eigenvalue weighted by Gasteiger charge is -2.31. The molecule has 0 aliphatic carbocycles. The first-order valence-electron chi connectivity index (χ1n) is 5.93. The molecule has 1 amide bonds. The number of rotatable bonds is 5. The van der Waals surface area contributed by atoms with Crippen molar-refractivity contribution < 1.29 is 4.79 Å². The van der Waals surface area contributed by atoms with Crippen molar-refractivity contribution in [2.24, 2.45) is 5.92 Å². The highest BCUT2D eigenvalue weighted by Gasteiger charge is 2.27. The zero-order valence-electron chi connectivity index (χ0n) is 10.5. The lowest BCUT2D eigenvalue weighted by molar-refractivity contribution is -0.135. The molecule has 98 valence electrons. The number of carbonyl (C=O) groups is 1. The van der Waals surface area contributed by atoms with Crippen molar-refractivity contribution in [3.05, 3.63) is 25.3 Å². The van der Waals surface area contributed by atoms with Gasteiger partial charge in [0, 0.05) is 25.0 Å². The fourth-order valence-electron chi connectivity index (χ4n) is 2.18. The molecule has 0 aromatic rings. The van der Waals surface area contributed by atoms with Crippen molar-refractivity contribution >= 4 is 18.3 Å². The van der Waals surface area contributed by atoms with E-state index in [1.807, 2.05) is 4.90 Å². The summed E-state index contributed by atoms with van der Waals surface area (Å²) >= 11 is 0. The molecule has 17 heavy (non-hydrogen) atoms. The van der Waals surface area contributed by atoms with Gasteiger partial charge in [0.2, 0.25) is 5.91 Å². The van der Waals surface area contributed by atoms with E-state index in [4.69, 9.17) is 0 Å². The lowest BCUT2D eigenvalue weighted by Crippen LogP contribution is -2.44. The molecule has 0 spiro atoms. The van der Waals surface area contributed by atoms with Crippen LogP contribution < -0.4 is 5.32 Å². The Balaban J connectivity index is 0.00000256. The van der Waals surface area contributed by atoms with E-state index in [1.165, 1.54) is 0 Å². The minimum absolute atomic E-state index is 0. The van der Waals surface area contributed by atoms with Crippen molar-refractivity contribution in [2.45, 2.75) is 25.8 Å². The zero-order valence-corrected chi connectivity index (χ0v) is 11.3. The molecule has 1 aliphatic heterocycles. The maximum Gasteiger partial charge on any atom is 0.226 e. The highest BCUT2D eigenvalue weighted by atomic mass is 35.5. The molecule has 1 aliphatic rings. The summed E-state index contributed by atoms with van der Waals surface area (Å²) in [6.45, 7) is 11.7. The first kappa shape index (κ1) is 16.2. The van der Waals surface area contributed by atoms with Crippen LogP contribution in [-0.4, -0.2) is 36.5 Å². The SMILES string of the molecule is C=CCN(CC=C)C(=O)[C@H]1CCN[C@@H](C)C1.Cl. The monoisotopic (exact) mass is 258 g/mol. The summed E-state index contributed by atoms with van der Waals surface area (Å²) < 4.78 is 0. The summed E-state index contributed by atoms with van der Waals surface area (Å²) in [6, 6.07) is 0.442. The molecule has 0 aromatic carbocycles. The Morgan fingerprint density at radius 2 is 2.00 bits per heavy atom. The van der Waals surface area contributed by atoms with Crippen molar-refractivity contribution in [3.8, 4) is 0 Å². The molecule has 0 radical (unpaired) electrons. The highest BCUT2D eigenvalue weighted by Crippen LogP contribution is 2.18. The third-order valence-corrected chi connectivity index (χ3v) is 2.98. The van der Waals surface area contributed by atoms with Gasteiger partial charge < -0.3 is 10.2 Å². The van der Waals surface area contributed by atoms with Gasteiger partial charge in [-0.3, -0.25) is 4.79 Å². The molecule has 1 heterocycles. The second-order valence-electron chi connectivity index (χ2n) is 4.40. The van der Waals surface area contributed by atoms with Crippen LogP contribution >= 0.6 is 12.4 Å². The van der Waals surface area contributed by atoms with Crippen LogP contribution in [-0.2, 0) is 4.79 Å². The molecular weight excluding hydrogens is 236 g/mol. The molecule has 1 rings (SSSR count). The highest BCUT2D eigenvalue weighted by molar-refractivity contribution is 5.85. The summed E-state index contributed by atoms with van der Waals surface area (Å²) in [6.07, 6.45) is 5.41. The topological polar surface area (TPSA) is 32.3 Å². The molecule has 0 unspecified atom stereocenters. The van der Waals surface area contributed by atoms with Crippen molar-refractivity contribution in [1.29, 1.82) is 0 Å². The van der Waals surface area contributed by atoms with E-state index in [-0.39, 0.29) is 24.2 Å². The predicted octanol–water partition coefficient (Wildman–Crippen LogP) is 2.00. The summed E-state index contributed by atoms with van der Waals surface area (Å²) in [5, 5.41) is 3.36. The van der Waals surface area contributed by atoms with Crippen molar-refractivity contribution in [2.75, 3.05) is 19.6 Å². The predicted molar refractivity (Wildman–Crippen MR) is 74.4 cm³/mol. The molecule has 4 heteroatoms. The average molecular weight is 259 g/mol. The van der Waals surface area contributed by atoms with Crippen LogP contribution in [0.15, 0.2) is 25.3 Å². The van der Waals surface area contributed by atoms with E-state index < -0.39 is 0 Å². The molecule has 1 fully saturated rings. The Labute approximate surface area is 110 Å². The number of halogens is 1. The van der Waals surface area contributed by atoms with Crippen molar-refractivity contribution in [1.82, 2.24) is 10.2 Å². The van der Waals surface area contributed by atoms with E-state index >= 15 is 0 Å². The van der Waals surface area contributed by atoms with Crippen LogP contribution in [0.4, 0.5) is 0 Å². The van der Waals surface area contributed by atoms with E-state index in [9.17, 15) is 4.79 Å². The number of hydrogen-bond acceptors (Lipinski definition) is 2. The molecular formula is C13H23ClN2O. The van der Waals surface area contributed by atoms with Crippen LogP contribution in [0.25, 0.3) is 0 Å². The second-order valence-corrected chi connectivity index (χ2v) is 4.40. The summed E-state index contributed by atoms with van der Waals surface area (Å²) in [4.78, 5) is 14.0. The molecule has 1 N–H and O–H groups in total. The Morgan fingerprint density at radius 3 is 2.47 bits per heavy atom. The van der Waals surface area contributed by atoms with Gasteiger partial charge in [0.15, 0.2) is 0 Å². The molecule has 1 saturated heterocycles. The van der Waals surface area contributed by atoms with E-state index in [1.54, 1.807) is 12.2 Å².